The number of halogens is 1. The molecule has 47 heavy (non-hydrogen) atoms. The van der Waals surface area contributed by atoms with Crippen molar-refractivity contribution in [2.45, 2.75) is 176 Å². The van der Waals surface area contributed by atoms with Gasteiger partial charge in [-0.05, 0) is 62.0 Å². The van der Waals surface area contributed by atoms with Gasteiger partial charge in [-0.15, -0.1) is 0 Å². The number of amides is 3. The fourth-order valence-corrected chi connectivity index (χ4v) is 6.48. The molecule has 0 aromatic rings. The SMILES string of the molecule is CCCCC(CC)CCC(=O)CC(=O)[C@H](CC)N1CCCC1=O.CCCCC(CC)CCC(=O)Cl.CC[C@@H](C(N)=O)N1CCCC1=O. The lowest BCUT2D eigenvalue weighted by Crippen LogP contribution is -2.44. The highest BCUT2D eigenvalue weighted by Crippen LogP contribution is 2.21. The van der Waals surface area contributed by atoms with Crippen LogP contribution < -0.4 is 5.73 Å². The number of unbranched alkanes of at least 4 members (excludes halogenated alkanes) is 2. The summed E-state index contributed by atoms with van der Waals surface area (Å²) in [6.07, 6.45) is 16.5. The van der Waals surface area contributed by atoms with E-state index < -0.39 is 11.9 Å². The van der Waals surface area contributed by atoms with Crippen LogP contribution in [0.15, 0.2) is 0 Å². The first-order chi connectivity index (χ1) is 22.4. The van der Waals surface area contributed by atoms with Gasteiger partial charge in [0.2, 0.25) is 23.0 Å². The summed E-state index contributed by atoms with van der Waals surface area (Å²) in [7, 11) is 0. The molecule has 4 atom stereocenters. The van der Waals surface area contributed by atoms with Crippen molar-refractivity contribution in [1.29, 1.82) is 0 Å². The van der Waals surface area contributed by atoms with Crippen LogP contribution in [0.5, 0.6) is 0 Å². The second-order valence-electron chi connectivity index (χ2n) is 13.1. The molecular weight excluding hydrogens is 618 g/mol. The molecule has 0 saturated carbocycles. The van der Waals surface area contributed by atoms with Crippen LogP contribution in [0.4, 0.5) is 0 Å². The highest BCUT2D eigenvalue weighted by atomic mass is 35.5. The molecule has 2 heterocycles. The molecule has 9 nitrogen and oxygen atoms in total. The van der Waals surface area contributed by atoms with Gasteiger partial charge >= 0.3 is 0 Å². The number of rotatable bonds is 22. The molecule has 272 valence electrons. The molecule has 3 amide bonds. The Morgan fingerprint density at radius 2 is 1.13 bits per heavy atom. The van der Waals surface area contributed by atoms with Gasteiger partial charge in [-0.3, -0.25) is 28.8 Å². The van der Waals surface area contributed by atoms with E-state index in [9.17, 15) is 28.8 Å². The van der Waals surface area contributed by atoms with E-state index in [0.717, 1.165) is 32.1 Å². The number of likely N-dealkylation sites (tertiary alicyclic amines) is 2. The minimum Gasteiger partial charge on any atom is -0.368 e. The monoisotopic (exact) mass is 683 g/mol. The van der Waals surface area contributed by atoms with Crippen molar-refractivity contribution in [2.24, 2.45) is 17.6 Å². The van der Waals surface area contributed by atoms with Crippen molar-refractivity contribution in [2.75, 3.05) is 13.1 Å². The summed E-state index contributed by atoms with van der Waals surface area (Å²) in [6.45, 7) is 13.8. The lowest BCUT2D eigenvalue weighted by Gasteiger charge is -2.25. The largest absolute Gasteiger partial charge is 0.368 e. The number of hydrogen-bond acceptors (Lipinski definition) is 6. The van der Waals surface area contributed by atoms with Crippen molar-refractivity contribution in [3.05, 3.63) is 0 Å². The molecule has 2 fully saturated rings. The van der Waals surface area contributed by atoms with E-state index in [1.54, 1.807) is 9.80 Å². The third-order valence-corrected chi connectivity index (χ3v) is 9.67. The number of Topliss-reactive ketones (excluding diaryl/α,β-unsaturated/α-hetero) is 2. The third kappa shape index (κ3) is 18.7. The Bertz CT molecular complexity index is 958. The molecule has 2 saturated heterocycles. The number of hydrogen-bond donors (Lipinski definition) is 1. The van der Waals surface area contributed by atoms with Gasteiger partial charge in [-0.2, -0.15) is 0 Å². The maximum absolute atomic E-state index is 12.4. The predicted molar refractivity (Wildman–Crippen MR) is 190 cm³/mol. The summed E-state index contributed by atoms with van der Waals surface area (Å²) >= 11 is 5.27. The Morgan fingerprint density at radius 3 is 1.47 bits per heavy atom. The van der Waals surface area contributed by atoms with E-state index in [1.807, 2.05) is 13.8 Å². The molecule has 2 aliphatic rings. The van der Waals surface area contributed by atoms with Crippen LogP contribution in [-0.4, -0.2) is 69.5 Å². The molecule has 0 aromatic heterocycles. The van der Waals surface area contributed by atoms with Crippen LogP contribution in [0.1, 0.15) is 164 Å². The van der Waals surface area contributed by atoms with E-state index in [1.165, 1.54) is 44.9 Å². The molecule has 2 N–H and O–H groups in total. The number of nitrogens with two attached hydrogens (primary N) is 1. The minimum absolute atomic E-state index is 0.00744. The van der Waals surface area contributed by atoms with Gasteiger partial charge in [0.15, 0.2) is 5.78 Å². The Hall–Kier alpha value is -2.29. The van der Waals surface area contributed by atoms with Gasteiger partial charge in [0.1, 0.15) is 11.8 Å². The first kappa shape index (κ1) is 44.7. The van der Waals surface area contributed by atoms with Crippen LogP contribution in [0.2, 0.25) is 0 Å². The maximum atomic E-state index is 12.4. The van der Waals surface area contributed by atoms with Crippen LogP contribution >= 0.6 is 11.6 Å². The highest BCUT2D eigenvalue weighted by Gasteiger charge is 2.32. The first-order valence-corrected chi connectivity index (χ1v) is 18.9. The van der Waals surface area contributed by atoms with Crippen LogP contribution in [0.3, 0.4) is 0 Å². The standard InChI is InChI=1S/C19H33NO3.C10H19ClO.C8H14N2O2/c1-4-7-9-15(5-2)11-12-16(21)14-18(22)17(6-3)20-13-8-10-19(20)23;1-3-5-6-9(4-2)7-8-10(11)12;1-2-6(8(9)12)10-5-3-4-7(10)11/h15,17H,4-14H2,1-3H3;9H,3-8H2,1-2H3;6H,2-5H2,1H3,(H2,9,12)/t15?,17-;;6-/m0.0/s1. The zero-order valence-electron chi connectivity index (χ0n) is 30.5. The number of primary amides is 1. The lowest BCUT2D eigenvalue weighted by atomic mass is 9.92. The summed E-state index contributed by atoms with van der Waals surface area (Å²) in [4.78, 5) is 72.2. The maximum Gasteiger partial charge on any atom is 0.240 e. The number of ketones is 2. The number of carbonyl (C=O) groups excluding carboxylic acids is 6. The van der Waals surface area contributed by atoms with E-state index in [-0.39, 0.29) is 41.1 Å². The fourth-order valence-electron chi connectivity index (χ4n) is 6.37. The molecule has 0 aromatic carbocycles. The molecule has 2 aliphatic heterocycles. The zero-order chi connectivity index (χ0) is 35.8. The summed E-state index contributed by atoms with van der Waals surface area (Å²) in [6, 6.07) is -0.781. The average molecular weight is 684 g/mol. The average Bonchev–Trinajstić information content (AvgIpc) is 3.66. The number of carbonyl (C=O) groups is 6. The smallest absolute Gasteiger partial charge is 0.240 e. The van der Waals surface area contributed by atoms with E-state index >= 15 is 0 Å². The Morgan fingerprint density at radius 1 is 0.681 bits per heavy atom. The quantitative estimate of drug-likeness (QED) is 0.0926. The highest BCUT2D eigenvalue weighted by molar-refractivity contribution is 6.63. The Kier molecular flexibility index (Phi) is 25.3. The first-order valence-electron chi connectivity index (χ1n) is 18.5. The predicted octanol–water partition coefficient (Wildman–Crippen LogP) is 7.53. The van der Waals surface area contributed by atoms with Crippen molar-refractivity contribution >= 4 is 46.1 Å². The number of nitrogens with zero attached hydrogens (tertiary/aromatic N) is 2. The van der Waals surface area contributed by atoms with E-state index in [2.05, 4.69) is 27.7 Å². The Balaban J connectivity index is 0.000000743. The summed E-state index contributed by atoms with van der Waals surface area (Å²) in [5.74, 6) is 0.977. The molecule has 0 spiro atoms. The van der Waals surface area contributed by atoms with Gasteiger partial charge in [0.25, 0.3) is 0 Å². The van der Waals surface area contributed by atoms with Crippen LogP contribution in [-0.2, 0) is 28.8 Å². The molecule has 0 radical (unpaired) electrons. The van der Waals surface area contributed by atoms with E-state index in [4.69, 9.17) is 17.3 Å². The molecule has 0 aliphatic carbocycles. The zero-order valence-corrected chi connectivity index (χ0v) is 31.2. The van der Waals surface area contributed by atoms with Crippen molar-refractivity contribution in [3.63, 3.8) is 0 Å². The summed E-state index contributed by atoms with van der Waals surface area (Å²) < 4.78 is 0. The topological polar surface area (TPSA) is 135 Å². The second kappa shape index (κ2) is 26.6. The van der Waals surface area contributed by atoms with Crippen LogP contribution in [0.25, 0.3) is 0 Å². The lowest BCUT2D eigenvalue weighted by molar-refractivity contribution is -0.138. The summed E-state index contributed by atoms with van der Waals surface area (Å²) in [5, 5.41) is -0.190. The fraction of sp³-hybridized carbons (Fsp3) is 0.838. The second-order valence-corrected chi connectivity index (χ2v) is 13.5. The molecule has 2 unspecified atom stereocenters. The molecule has 0 bridgehead atoms. The van der Waals surface area contributed by atoms with Crippen LogP contribution in [0, 0.1) is 11.8 Å². The Labute approximate surface area is 290 Å². The van der Waals surface area contributed by atoms with Crippen molar-refractivity contribution in [1.82, 2.24) is 9.80 Å². The molecular formula is C37H66ClN3O6. The van der Waals surface area contributed by atoms with Crippen molar-refractivity contribution in [3.8, 4) is 0 Å². The minimum atomic E-state index is -0.396. The molecule has 2 rings (SSSR count). The van der Waals surface area contributed by atoms with E-state index in [0.29, 0.717) is 63.5 Å². The third-order valence-electron chi connectivity index (χ3n) is 9.48. The van der Waals surface area contributed by atoms with Gasteiger partial charge in [0.05, 0.1) is 12.5 Å². The van der Waals surface area contributed by atoms with Crippen molar-refractivity contribution < 1.29 is 28.8 Å². The van der Waals surface area contributed by atoms with Gasteiger partial charge in [-0.1, -0.05) is 92.9 Å². The van der Waals surface area contributed by atoms with Gasteiger partial charge in [0, 0.05) is 38.8 Å². The summed E-state index contributed by atoms with van der Waals surface area (Å²) in [5.41, 5.74) is 5.16. The van der Waals surface area contributed by atoms with Gasteiger partial charge in [-0.25, -0.2) is 0 Å². The molecule has 10 heteroatoms. The normalized spacial score (nSPS) is 16.8. The van der Waals surface area contributed by atoms with Gasteiger partial charge < -0.3 is 15.5 Å².